The first-order valence-electron chi connectivity index (χ1n) is 7.36. The highest BCUT2D eigenvalue weighted by Gasteiger charge is 2.64. The van der Waals surface area contributed by atoms with Crippen molar-refractivity contribution in [1.29, 1.82) is 0 Å². The Hall–Kier alpha value is -0.870. The van der Waals surface area contributed by atoms with Crippen LogP contribution in [-0.2, 0) is 9.53 Å². The summed E-state index contributed by atoms with van der Waals surface area (Å²) >= 11 is 0. The zero-order valence-electron chi connectivity index (χ0n) is 12.8. The van der Waals surface area contributed by atoms with Crippen molar-refractivity contribution in [2.75, 3.05) is 13.7 Å². The number of rotatable bonds is 2. The summed E-state index contributed by atoms with van der Waals surface area (Å²) in [5, 5.41) is 20.5. The molecule has 0 unspecified atom stereocenters. The van der Waals surface area contributed by atoms with Gasteiger partial charge in [0.1, 0.15) is 5.41 Å². The molecule has 0 aromatic carbocycles. The van der Waals surface area contributed by atoms with Crippen molar-refractivity contribution < 1.29 is 19.7 Å². The van der Waals surface area contributed by atoms with Crippen molar-refractivity contribution in [3.63, 3.8) is 0 Å². The van der Waals surface area contributed by atoms with Gasteiger partial charge in [0.25, 0.3) is 0 Å². The molecule has 2 N–H and O–H groups in total. The maximum Gasteiger partial charge on any atom is 0.315 e. The highest BCUT2D eigenvalue weighted by atomic mass is 16.5. The number of methoxy groups -OCH3 is 1. The Bertz CT molecular complexity index is 426. The third kappa shape index (κ3) is 1.92. The minimum Gasteiger partial charge on any atom is -0.468 e. The Balaban J connectivity index is 2.63. The predicted molar refractivity (Wildman–Crippen MR) is 75.9 cm³/mol. The number of hydrogen-bond donors (Lipinski definition) is 2. The first kappa shape index (κ1) is 15.5. The van der Waals surface area contributed by atoms with Crippen LogP contribution in [0.4, 0.5) is 0 Å². The molecule has 2 rings (SSSR count). The lowest BCUT2D eigenvalue weighted by molar-refractivity contribution is -0.195. The molecule has 1 fully saturated rings. The van der Waals surface area contributed by atoms with E-state index >= 15 is 0 Å². The van der Waals surface area contributed by atoms with Crippen molar-refractivity contribution in [1.82, 2.24) is 0 Å². The molecular formula is C16H26O4. The molecule has 0 amide bonds. The lowest BCUT2D eigenvalue weighted by atomic mass is 9.47. The van der Waals surface area contributed by atoms with E-state index in [1.807, 2.05) is 6.92 Å². The molecule has 114 valence electrons. The van der Waals surface area contributed by atoms with Crippen molar-refractivity contribution in [3.8, 4) is 0 Å². The second-order valence-electron chi connectivity index (χ2n) is 6.94. The number of hydrogen-bond acceptors (Lipinski definition) is 4. The number of aliphatic hydroxyl groups is 2. The van der Waals surface area contributed by atoms with E-state index < -0.39 is 11.5 Å². The first-order valence-corrected chi connectivity index (χ1v) is 7.36. The van der Waals surface area contributed by atoms with Gasteiger partial charge in [0.05, 0.1) is 19.8 Å². The molecule has 2 aliphatic carbocycles. The largest absolute Gasteiger partial charge is 0.468 e. The Morgan fingerprint density at radius 3 is 2.70 bits per heavy atom. The van der Waals surface area contributed by atoms with E-state index in [0.29, 0.717) is 6.42 Å². The van der Waals surface area contributed by atoms with Crippen LogP contribution in [0.15, 0.2) is 11.6 Å². The highest BCUT2D eigenvalue weighted by Crippen LogP contribution is 2.60. The molecule has 0 radical (unpaired) electrons. The van der Waals surface area contributed by atoms with Crippen LogP contribution < -0.4 is 0 Å². The second-order valence-corrected chi connectivity index (χ2v) is 6.94. The molecule has 0 aliphatic heterocycles. The minimum absolute atomic E-state index is 0.00736. The molecule has 20 heavy (non-hydrogen) atoms. The third-order valence-corrected chi connectivity index (χ3v) is 5.66. The Morgan fingerprint density at radius 1 is 1.50 bits per heavy atom. The van der Waals surface area contributed by atoms with Gasteiger partial charge in [-0.25, -0.2) is 0 Å². The van der Waals surface area contributed by atoms with E-state index in [4.69, 9.17) is 4.74 Å². The number of ether oxygens (including phenoxy) is 1. The minimum atomic E-state index is -1.01. The molecular weight excluding hydrogens is 256 g/mol. The van der Waals surface area contributed by atoms with Gasteiger partial charge in [-0.05, 0) is 37.5 Å². The van der Waals surface area contributed by atoms with Crippen LogP contribution >= 0.6 is 0 Å². The monoisotopic (exact) mass is 282 g/mol. The van der Waals surface area contributed by atoms with Crippen molar-refractivity contribution in [2.24, 2.45) is 22.7 Å². The van der Waals surface area contributed by atoms with Crippen molar-refractivity contribution >= 4 is 5.97 Å². The van der Waals surface area contributed by atoms with Crippen LogP contribution in [0, 0.1) is 22.7 Å². The van der Waals surface area contributed by atoms with E-state index in [0.717, 1.165) is 18.4 Å². The van der Waals surface area contributed by atoms with E-state index in [2.05, 4.69) is 19.9 Å². The van der Waals surface area contributed by atoms with Gasteiger partial charge < -0.3 is 14.9 Å². The van der Waals surface area contributed by atoms with Gasteiger partial charge in [0.2, 0.25) is 0 Å². The number of carbonyl (C=O) groups is 1. The lowest BCUT2D eigenvalue weighted by Crippen LogP contribution is -2.62. The molecule has 1 saturated carbocycles. The van der Waals surface area contributed by atoms with Gasteiger partial charge in [0, 0.05) is 5.92 Å². The summed E-state index contributed by atoms with van der Waals surface area (Å²) in [6, 6.07) is 0. The molecule has 0 aromatic rings. The Kier molecular flexibility index (Phi) is 4.00. The summed E-state index contributed by atoms with van der Waals surface area (Å²) in [7, 11) is 1.37. The zero-order valence-corrected chi connectivity index (χ0v) is 12.8. The highest BCUT2D eigenvalue weighted by molar-refractivity contribution is 5.80. The van der Waals surface area contributed by atoms with Gasteiger partial charge >= 0.3 is 5.97 Å². The standard InChI is InChI=1S/C16H26O4/c1-10-5-6-12-15(2,3)8-7-13(18)16(12,11(10)9-17)14(19)20-4/h5,11-13,17-18H,6-9H2,1-4H3/t11-,12-,13+,16+/m1/s1. The quantitative estimate of drug-likeness (QED) is 0.599. The number of aliphatic hydroxyl groups excluding tert-OH is 2. The van der Waals surface area contributed by atoms with Crippen LogP contribution in [0.5, 0.6) is 0 Å². The molecule has 0 saturated heterocycles. The lowest BCUT2D eigenvalue weighted by Gasteiger charge is -2.57. The summed E-state index contributed by atoms with van der Waals surface area (Å²) in [4.78, 5) is 12.6. The van der Waals surface area contributed by atoms with E-state index in [9.17, 15) is 15.0 Å². The molecule has 0 heterocycles. The molecule has 4 heteroatoms. The van der Waals surface area contributed by atoms with E-state index in [1.54, 1.807) is 0 Å². The molecule has 0 bridgehead atoms. The van der Waals surface area contributed by atoms with Crippen molar-refractivity contribution in [3.05, 3.63) is 11.6 Å². The van der Waals surface area contributed by atoms with Crippen LogP contribution in [-0.4, -0.2) is 36.0 Å². The maximum atomic E-state index is 12.6. The van der Waals surface area contributed by atoms with E-state index in [1.165, 1.54) is 7.11 Å². The third-order valence-electron chi connectivity index (χ3n) is 5.66. The van der Waals surface area contributed by atoms with Crippen LogP contribution in [0.25, 0.3) is 0 Å². The number of carbonyl (C=O) groups excluding carboxylic acids is 1. The summed E-state index contributed by atoms with van der Waals surface area (Å²) in [5.41, 5.74) is -0.0897. The molecule has 4 atom stereocenters. The average molecular weight is 282 g/mol. The first-order chi connectivity index (χ1) is 9.32. The van der Waals surface area contributed by atoms with Gasteiger partial charge in [-0.2, -0.15) is 0 Å². The second kappa shape index (κ2) is 5.15. The fourth-order valence-corrected chi connectivity index (χ4v) is 4.50. The molecule has 4 nitrogen and oxygen atoms in total. The van der Waals surface area contributed by atoms with Gasteiger partial charge in [0.15, 0.2) is 0 Å². The van der Waals surface area contributed by atoms with Gasteiger partial charge in [-0.1, -0.05) is 25.5 Å². The van der Waals surface area contributed by atoms with Crippen LogP contribution in [0.3, 0.4) is 0 Å². The van der Waals surface area contributed by atoms with Crippen LogP contribution in [0.1, 0.15) is 40.0 Å². The molecule has 0 spiro atoms. The van der Waals surface area contributed by atoms with Crippen LogP contribution in [0.2, 0.25) is 0 Å². The fraction of sp³-hybridized carbons (Fsp3) is 0.812. The summed E-state index contributed by atoms with van der Waals surface area (Å²) < 4.78 is 5.06. The maximum absolute atomic E-state index is 12.6. The Morgan fingerprint density at radius 2 is 2.15 bits per heavy atom. The van der Waals surface area contributed by atoms with Crippen molar-refractivity contribution in [2.45, 2.75) is 46.1 Å². The Labute approximate surface area is 120 Å². The predicted octanol–water partition coefficient (Wildman–Crippen LogP) is 1.90. The zero-order chi connectivity index (χ0) is 15.1. The van der Waals surface area contributed by atoms with Gasteiger partial charge in [-0.3, -0.25) is 4.79 Å². The molecule has 0 aromatic heterocycles. The summed E-state index contributed by atoms with van der Waals surface area (Å²) in [6.07, 6.45) is 3.55. The summed E-state index contributed by atoms with van der Waals surface area (Å²) in [6.45, 7) is 6.07. The van der Waals surface area contributed by atoms with Gasteiger partial charge in [-0.15, -0.1) is 0 Å². The number of esters is 1. The van der Waals surface area contributed by atoms with E-state index in [-0.39, 0.29) is 29.8 Å². The number of allylic oxidation sites excluding steroid dienone is 1. The summed E-state index contributed by atoms with van der Waals surface area (Å²) in [5.74, 6) is -0.746. The molecule has 2 aliphatic rings. The smallest absolute Gasteiger partial charge is 0.315 e. The topological polar surface area (TPSA) is 66.8 Å². The SMILES string of the molecule is COC(=O)[C@@]12[C@H](CO)C(C)=CC[C@@H]1C(C)(C)CC[C@@H]2O. The normalized spacial score (nSPS) is 39.7. The number of fused-ring (bicyclic) bond motifs is 1. The fourth-order valence-electron chi connectivity index (χ4n) is 4.50. The average Bonchev–Trinajstić information content (AvgIpc) is 2.41.